The third-order valence-electron chi connectivity index (χ3n) is 2.53. The molecule has 0 aliphatic rings. The van der Waals surface area contributed by atoms with Crippen LogP contribution >= 0.6 is 0 Å². The van der Waals surface area contributed by atoms with E-state index in [9.17, 15) is 4.79 Å². The van der Waals surface area contributed by atoms with Gasteiger partial charge in [-0.1, -0.05) is 50.6 Å². The first kappa shape index (κ1) is 12.8. The number of carbonyl (C=O) groups is 1. The summed E-state index contributed by atoms with van der Waals surface area (Å²) in [5.74, 6) is -0.142. The summed E-state index contributed by atoms with van der Waals surface area (Å²) in [4.78, 5) is 11.6. The minimum absolute atomic E-state index is 0.0562. The zero-order valence-electron chi connectivity index (χ0n) is 10.1. The van der Waals surface area contributed by atoms with Gasteiger partial charge in [0.25, 0.3) is 0 Å². The lowest BCUT2D eigenvalue weighted by Gasteiger charge is -2.11. The molecule has 1 aromatic rings. The Morgan fingerprint density at radius 1 is 1.31 bits per heavy atom. The summed E-state index contributed by atoms with van der Waals surface area (Å²) in [6.45, 7) is 4.55. The fourth-order valence-corrected chi connectivity index (χ4v) is 1.51. The van der Waals surface area contributed by atoms with Gasteiger partial charge in [0.15, 0.2) is 0 Å². The van der Waals surface area contributed by atoms with E-state index < -0.39 is 0 Å². The molecule has 2 nitrogen and oxygen atoms in total. The van der Waals surface area contributed by atoms with E-state index in [1.165, 1.54) is 5.56 Å². The molecule has 0 unspecified atom stereocenters. The minimum atomic E-state index is -0.0858. The van der Waals surface area contributed by atoms with E-state index >= 15 is 0 Å². The maximum absolute atomic E-state index is 11.6. The maximum atomic E-state index is 11.6. The summed E-state index contributed by atoms with van der Waals surface area (Å²) < 4.78 is 5.18. The Morgan fingerprint density at radius 2 is 2.00 bits per heavy atom. The van der Waals surface area contributed by atoms with Crippen LogP contribution in [0.25, 0.3) is 0 Å². The van der Waals surface area contributed by atoms with Crippen molar-refractivity contribution in [2.75, 3.05) is 6.61 Å². The smallest absolute Gasteiger partial charge is 0.308 e. The SMILES string of the molecule is CCCCOC(=O)[C@H](C)Cc1ccccc1. The highest BCUT2D eigenvalue weighted by atomic mass is 16.5. The highest BCUT2D eigenvalue weighted by molar-refractivity contribution is 5.72. The summed E-state index contributed by atoms with van der Waals surface area (Å²) in [6.07, 6.45) is 2.76. The molecule has 0 amide bonds. The number of benzene rings is 1. The van der Waals surface area contributed by atoms with Crippen LogP contribution in [0.5, 0.6) is 0 Å². The minimum Gasteiger partial charge on any atom is -0.465 e. The number of hydrogen-bond acceptors (Lipinski definition) is 2. The molecule has 0 radical (unpaired) electrons. The largest absolute Gasteiger partial charge is 0.465 e. The zero-order valence-corrected chi connectivity index (χ0v) is 10.1. The molecule has 0 N–H and O–H groups in total. The first-order chi connectivity index (χ1) is 7.74. The van der Waals surface area contributed by atoms with E-state index in [0.29, 0.717) is 6.61 Å². The first-order valence-electron chi connectivity index (χ1n) is 5.94. The fourth-order valence-electron chi connectivity index (χ4n) is 1.51. The van der Waals surface area contributed by atoms with Crippen molar-refractivity contribution in [3.8, 4) is 0 Å². The molecule has 0 fully saturated rings. The van der Waals surface area contributed by atoms with Gasteiger partial charge in [0, 0.05) is 0 Å². The lowest BCUT2D eigenvalue weighted by molar-refractivity contribution is -0.148. The van der Waals surface area contributed by atoms with E-state index in [1.807, 2.05) is 37.3 Å². The Morgan fingerprint density at radius 3 is 2.62 bits per heavy atom. The Labute approximate surface area is 97.6 Å². The van der Waals surface area contributed by atoms with Crippen LogP contribution in [0.3, 0.4) is 0 Å². The van der Waals surface area contributed by atoms with Gasteiger partial charge in [-0.3, -0.25) is 4.79 Å². The molecule has 2 heteroatoms. The van der Waals surface area contributed by atoms with Crippen LogP contribution in [0.4, 0.5) is 0 Å². The van der Waals surface area contributed by atoms with Crippen LogP contribution in [0, 0.1) is 5.92 Å². The highest BCUT2D eigenvalue weighted by Gasteiger charge is 2.14. The molecule has 0 saturated heterocycles. The zero-order chi connectivity index (χ0) is 11.8. The number of hydrogen-bond donors (Lipinski definition) is 0. The summed E-state index contributed by atoms with van der Waals surface area (Å²) in [7, 11) is 0. The van der Waals surface area contributed by atoms with Crippen LogP contribution in [0.2, 0.25) is 0 Å². The van der Waals surface area contributed by atoms with Gasteiger partial charge in [-0.05, 0) is 18.4 Å². The van der Waals surface area contributed by atoms with Crippen molar-refractivity contribution in [3.63, 3.8) is 0 Å². The molecule has 88 valence electrons. The summed E-state index contributed by atoms with van der Waals surface area (Å²) in [5.41, 5.74) is 1.18. The average molecular weight is 220 g/mol. The second kappa shape index (κ2) is 7.04. The van der Waals surface area contributed by atoms with Crippen molar-refractivity contribution in [2.45, 2.75) is 33.1 Å². The lowest BCUT2D eigenvalue weighted by atomic mass is 10.0. The molecule has 16 heavy (non-hydrogen) atoms. The molecule has 0 aliphatic heterocycles. The molecule has 1 rings (SSSR count). The van der Waals surface area contributed by atoms with E-state index in [4.69, 9.17) is 4.74 Å². The first-order valence-corrected chi connectivity index (χ1v) is 5.94. The molecular formula is C14H20O2. The number of unbranched alkanes of at least 4 members (excludes halogenated alkanes) is 1. The van der Waals surface area contributed by atoms with Gasteiger partial charge in [0.1, 0.15) is 0 Å². The Balaban J connectivity index is 2.34. The molecule has 0 aliphatic carbocycles. The number of ether oxygens (including phenoxy) is 1. The second-order valence-corrected chi connectivity index (χ2v) is 4.11. The van der Waals surface area contributed by atoms with Crippen molar-refractivity contribution in [1.29, 1.82) is 0 Å². The molecular weight excluding hydrogens is 200 g/mol. The molecule has 1 atom stereocenters. The van der Waals surface area contributed by atoms with Gasteiger partial charge < -0.3 is 4.74 Å². The summed E-state index contributed by atoms with van der Waals surface area (Å²) >= 11 is 0. The third-order valence-corrected chi connectivity index (χ3v) is 2.53. The van der Waals surface area contributed by atoms with Crippen LogP contribution in [-0.2, 0) is 16.0 Å². The van der Waals surface area contributed by atoms with Gasteiger partial charge in [-0.2, -0.15) is 0 Å². The van der Waals surface area contributed by atoms with E-state index in [2.05, 4.69) is 6.92 Å². The topological polar surface area (TPSA) is 26.3 Å². The van der Waals surface area contributed by atoms with Crippen molar-refractivity contribution < 1.29 is 9.53 Å². The molecule has 0 bridgehead atoms. The Bertz CT molecular complexity index is 306. The van der Waals surface area contributed by atoms with Gasteiger partial charge >= 0.3 is 5.97 Å². The maximum Gasteiger partial charge on any atom is 0.308 e. The van der Waals surface area contributed by atoms with Crippen molar-refractivity contribution in [1.82, 2.24) is 0 Å². The normalized spacial score (nSPS) is 12.1. The van der Waals surface area contributed by atoms with Gasteiger partial charge in [-0.25, -0.2) is 0 Å². The molecule has 0 spiro atoms. The summed E-state index contributed by atoms with van der Waals surface area (Å²) in [5, 5.41) is 0. The average Bonchev–Trinajstić information content (AvgIpc) is 2.30. The van der Waals surface area contributed by atoms with Gasteiger partial charge in [-0.15, -0.1) is 0 Å². The number of carbonyl (C=O) groups excluding carboxylic acids is 1. The van der Waals surface area contributed by atoms with Gasteiger partial charge in [0.05, 0.1) is 12.5 Å². The summed E-state index contributed by atoms with van der Waals surface area (Å²) in [6, 6.07) is 10.0. The van der Waals surface area contributed by atoms with Gasteiger partial charge in [0.2, 0.25) is 0 Å². The third kappa shape index (κ3) is 4.47. The Kier molecular flexibility index (Phi) is 5.62. The molecule has 0 heterocycles. The standard InChI is InChI=1S/C14H20O2/c1-3-4-10-16-14(15)12(2)11-13-8-6-5-7-9-13/h5-9,12H,3-4,10-11H2,1-2H3/t12-/m1/s1. The molecule has 1 aromatic carbocycles. The van der Waals surface area contributed by atoms with Crippen molar-refractivity contribution in [2.24, 2.45) is 5.92 Å². The van der Waals surface area contributed by atoms with Crippen molar-refractivity contribution >= 4 is 5.97 Å². The lowest BCUT2D eigenvalue weighted by Crippen LogP contribution is -2.17. The predicted molar refractivity (Wildman–Crippen MR) is 65.2 cm³/mol. The van der Waals surface area contributed by atoms with Crippen LogP contribution in [-0.4, -0.2) is 12.6 Å². The van der Waals surface area contributed by atoms with E-state index in [1.54, 1.807) is 0 Å². The second-order valence-electron chi connectivity index (χ2n) is 4.11. The molecule has 0 aromatic heterocycles. The van der Waals surface area contributed by atoms with E-state index in [-0.39, 0.29) is 11.9 Å². The van der Waals surface area contributed by atoms with Crippen molar-refractivity contribution in [3.05, 3.63) is 35.9 Å². The number of esters is 1. The monoisotopic (exact) mass is 220 g/mol. The van der Waals surface area contributed by atoms with E-state index in [0.717, 1.165) is 19.3 Å². The van der Waals surface area contributed by atoms with Crippen LogP contribution in [0.15, 0.2) is 30.3 Å². The van der Waals surface area contributed by atoms with Crippen LogP contribution < -0.4 is 0 Å². The molecule has 0 saturated carbocycles. The van der Waals surface area contributed by atoms with Crippen LogP contribution in [0.1, 0.15) is 32.3 Å². The highest BCUT2D eigenvalue weighted by Crippen LogP contribution is 2.09. The fraction of sp³-hybridized carbons (Fsp3) is 0.500. The predicted octanol–water partition coefficient (Wildman–Crippen LogP) is 3.21. The quantitative estimate of drug-likeness (QED) is 0.543. The number of rotatable bonds is 6. The Hall–Kier alpha value is -1.31.